The Bertz CT molecular complexity index is 132. The van der Waals surface area contributed by atoms with Gasteiger partial charge in [-0.1, -0.05) is 6.92 Å². The number of amides is 1. The Labute approximate surface area is 61.0 Å². The highest BCUT2D eigenvalue weighted by molar-refractivity contribution is 5.75. The van der Waals surface area contributed by atoms with Crippen molar-refractivity contribution in [1.29, 1.82) is 0 Å². The molecule has 0 aromatic rings. The van der Waals surface area contributed by atoms with Crippen molar-refractivity contribution in [2.24, 2.45) is 0 Å². The van der Waals surface area contributed by atoms with Gasteiger partial charge in [-0.3, -0.25) is 4.79 Å². The first-order valence-corrected chi connectivity index (χ1v) is 3.59. The fourth-order valence-corrected chi connectivity index (χ4v) is 0.900. The van der Waals surface area contributed by atoms with E-state index >= 15 is 0 Å². The number of nitrogens with zero attached hydrogens (tertiary/aromatic N) is 1. The molecule has 0 unspecified atom stereocenters. The van der Waals surface area contributed by atoms with Crippen LogP contribution in [0.2, 0.25) is 0 Å². The average molecular weight is 143 g/mol. The molecule has 0 atom stereocenters. The Morgan fingerprint density at radius 1 is 1.70 bits per heavy atom. The molecule has 0 N–H and O–H groups in total. The zero-order chi connectivity index (χ0) is 7.56. The van der Waals surface area contributed by atoms with Crippen LogP contribution in [0.5, 0.6) is 0 Å². The van der Waals surface area contributed by atoms with Gasteiger partial charge >= 0.3 is 0 Å². The Morgan fingerprint density at radius 3 is 2.60 bits per heavy atom. The molecule has 0 aromatic carbocycles. The number of ether oxygens (including phenoxy) is 1. The molecular weight excluding hydrogens is 130 g/mol. The molecule has 1 saturated heterocycles. The SMILES string of the molecule is CCC(=O)N(C)C1COC1. The fraction of sp³-hybridized carbons (Fsp3) is 0.857. The van der Waals surface area contributed by atoms with Gasteiger partial charge in [0.05, 0.1) is 19.3 Å². The van der Waals surface area contributed by atoms with Crippen LogP contribution in [-0.2, 0) is 9.53 Å². The van der Waals surface area contributed by atoms with Gasteiger partial charge in [-0.15, -0.1) is 0 Å². The summed E-state index contributed by atoms with van der Waals surface area (Å²) in [4.78, 5) is 12.8. The molecule has 1 heterocycles. The largest absolute Gasteiger partial charge is 0.377 e. The van der Waals surface area contributed by atoms with Gasteiger partial charge in [0.2, 0.25) is 5.91 Å². The van der Waals surface area contributed by atoms with E-state index < -0.39 is 0 Å². The van der Waals surface area contributed by atoms with E-state index in [9.17, 15) is 4.79 Å². The molecule has 0 aromatic heterocycles. The van der Waals surface area contributed by atoms with Gasteiger partial charge in [0.25, 0.3) is 0 Å². The van der Waals surface area contributed by atoms with Crippen molar-refractivity contribution in [3.05, 3.63) is 0 Å². The van der Waals surface area contributed by atoms with E-state index in [2.05, 4.69) is 0 Å². The van der Waals surface area contributed by atoms with Gasteiger partial charge in [-0.2, -0.15) is 0 Å². The van der Waals surface area contributed by atoms with Crippen LogP contribution in [-0.4, -0.2) is 37.1 Å². The molecular formula is C7H13NO2. The summed E-state index contributed by atoms with van der Waals surface area (Å²) in [5, 5.41) is 0. The number of rotatable bonds is 2. The molecule has 0 aliphatic carbocycles. The highest BCUT2D eigenvalue weighted by Crippen LogP contribution is 2.08. The van der Waals surface area contributed by atoms with Crippen LogP contribution in [0.4, 0.5) is 0 Å². The number of hydrogen-bond acceptors (Lipinski definition) is 2. The summed E-state index contributed by atoms with van der Waals surface area (Å²) in [7, 11) is 1.83. The van der Waals surface area contributed by atoms with E-state index in [-0.39, 0.29) is 5.91 Å². The molecule has 0 radical (unpaired) electrons. The van der Waals surface area contributed by atoms with Crippen molar-refractivity contribution < 1.29 is 9.53 Å². The van der Waals surface area contributed by atoms with Crippen molar-refractivity contribution in [2.75, 3.05) is 20.3 Å². The van der Waals surface area contributed by atoms with Crippen LogP contribution >= 0.6 is 0 Å². The predicted molar refractivity (Wildman–Crippen MR) is 37.7 cm³/mol. The lowest BCUT2D eigenvalue weighted by atomic mass is 10.2. The minimum absolute atomic E-state index is 0.202. The highest BCUT2D eigenvalue weighted by atomic mass is 16.5. The number of carbonyl (C=O) groups is 1. The summed E-state index contributed by atoms with van der Waals surface area (Å²) in [6, 6.07) is 0.340. The van der Waals surface area contributed by atoms with Crippen LogP contribution in [0.25, 0.3) is 0 Å². The third kappa shape index (κ3) is 1.29. The maximum absolute atomic E-state index is 11.0. The first-order valence-electron chi connectivity index (χ1n) is 3.59. The first-order chi connectivity index (χ1) is 4.75. The number of hydrogen-bond donors (Lipinski definition) is 0. The van der Waals surface area contributed by atoms with Crippen LogP contribution in [0.3, 0.4) is 0 Å². The fourth-order valence-electron chi connectivity index (χ4n) is 0.900. The van der Waals surface area contributed by atoms with Gasteiger partial charge < -0.3 is 9.64 Å². The normalized spacial score (nSPS) is 18.2. The van der Waals surface area contributed by atoms with Crippen molar-refractivity contribution in [3.8, 4) is 0 Å². The monoisotopic (exact) mass is 143 g/mol. The Kier molecular flexibility index (Phi) is 2.27. The van der Waals surface area contributed by atoms with Crippen LogP contribution < -0.4 is 0 Å². The summed E-state index contributed by atoms with van der Waals surface area (Å²) in [6.45, 7) is 3.29. The van der Waals surface area contributed by atoms with E-state index in [1.165, 1.54) is 0 Å². The van der Waals surface area contributed by atoms with Crippen molar-refractivity contribution in [3.63, 3.8) is 0 Å². The molecule has 1 aliphatic rings. The van der Waals surface area contributed by atoms with E-state index in [1.54, 1.807) is 4.90 Å². The summed E-state index contributed by atoms with van der Waals surface area (Å²) < 4.78 is 4.96. The molecule has 0 saturated carbocycles. The van der Waals surface area contributed by atoms with Crippen molar-refractivity contribution >= 4 is 5.91 Å². The van der Waals surface area contributed by atoms with Crippen molar-refractivity contribution in [1.82, 2.24) is 4.90 Å². The Balaban J connectivity index is 2.31. The summed E-state index contributed by atoms with van der Waals surface area (Å²) in [6.07, 6.45) is 0.590. The molecule has 1 fully saturated rings. The molecule has 3 nitrogen and oxygen atoms in total. The molecule has 1 rings (SSSR count). The zero-order valence-corrected chi connectivity index (χ0v) is 6.46. The van der Waals surface area contributed by atoms with Crippen LogP contribution in [0.15, 0.2) is 0 Å². The second kappa shape index (κ2) is 3.01. The average Bonchev–Trinajstić information content (AvgIpc) is 1.82. The van der Waals surface area contributed by atoms with Gasteiger partial charge in [-0.25, -0.2) is 0 Å². The van der Waals surface area contributed by atoms with Crippen LogP contribution in [0, 0.1) is 0 Å². The first kappa shape index (κ1) is 7.54. The van der Waals surface area contributed by atoms with E-state index in [1.807, 2.05) is 14.0 Å². The molecule has 0 spiro atoms. The number of likely N-dealkylation sites (N-methyl/N-ethyl adjacent to an activating group) is 1. The van der Waals surface area contributed by atoms with E-state index in [0.717, 1.165) is 0 Å². The minimum atomic E-state index is 0.202. The number of carbonyl (C=O) groups excluding carboxylic acids is 1. The summed E-state index contributed by atoms with van der Waals surface area (Å²) in [5.41, 5.74) is 0. The van der Waals surface area contributed by atoms with Crippen molar-refractivity contribution in [2.45, 2.75) is 19.4 Å². The predicted octanol–water partition coefficient (Wildman–Crippen LogP) is 0.254. The third-order valence-electron chi connectivity index (χ3n) is 1.86. The zero-order valence-electron chi connectivity index (χ0n) is 6.46. The quantitative estimate of drug-likeness (QED) is 0.554. The molecule has 3 heteroatoms. The van der Waals surface area contributed by atoms with Crippen LogP contribution in [0.1, 0.15) is 13.3 Å². The lowest BCUT2D eigenvalue weighted by Crippen LogP contribution is -2.49. The molecule has 0 bridgehead atoms. The standard InChI is InChI=1S/C7H13NO2/c1-3-7(9)8(2)6-4-10-5-6/h6H,3-5H2,1-2H3. The lowest BCUT2D eigenvalue weighted by Gasteiger charge is -2.34. The molecule has 1 aliphatic heterocycles. The van der Waals surface area contributed by atoms with E-state index in [4.69, 9.17) is 4.74 Å². The second-order valence-electron chi connectivity index (χ2n) is 2.55. The maximum Gasteiger partial charge on any atom is 0.222 e. The Morgan fingerprint density at radius 2 is 2.30 bits per heavy atom. The lowest BCUT2D eigenvalue weighted by molar-refractivity contribution is -0.141. The summed E-state index contributed by atoms with van der Waals surface area (Å²) >= 11 is 0. The third-order valence-corrected chi connectivity index (χ3v) is 1.86. The highest BCUT2D eigenvalue weighted by Gasteiger charge is 2.25. The molecule has 1 amide bonds. The Hall–Kier alpha value is -0.570. The van der Waals surface area contributed by atoms with Gasteiger partial charge in [0.1, 0.15) is 0 Å². The van der Waals surface area contributed by atoms with Gasteiger partial charge in [0, 0.05) is 13.5 Å². The van der Waals surface area contributed by atoms with Gasteiger partial charge in [-0.05, 0) is 0 Å². The molecule has 58 valence electrons. The van der Waals surface area contributed by atoms with E-state index in [0.29, 0.717) is 25.7 Å². The second-order valence-corrected chi connectivity index (χ2v) is 2.55. The summed E-state index contributed by atoms with van der Waals surface area (Å²) in [5.74, 6) is 0.202. The maximum atomic E-state index is 11.0. The smallest absolute Gasteiger partial charge is 0.222 e. The topological polar surface area (TPSA) is 29.5 Å². The van der Waals surface area contributed by atoms with Gasteiger partial charge in [0.15, 0.2) is 0 Å². The minimum Gasteiger partial charge on any atom is -0.377 e. The molecule has 10 heavy (non-hydrogen) atoms.